The van der Waals surface area contributed by atoms with Gasteiger partial charge in [-0.15, -0.1) is 0 Å². The molecule has 12 heavy (non-hydrogen) atoms. The molecule has 0 N–H and O–H groups in total. The van der Waals surface area contributed by atoms with E-state index in [-0.39, 0.29) is 0 Å². The summed E-state index contributed by atoms with van der Waals surface area (Å²) < 4.78 is 0. The monoisotopic (exact) mass is 171 g/mol. The quantitative estimate of drug-likeness (QED) is 0.327. The molecule has 0 aromatic carbocycles. The number of rotatable bonds is 7. The van der Waals surface area contributed by atoms with E-state index in [1.807, 2.05) is 6.92 Å². The van der Waals surface area contributed by atoms with Gasteiger partial charge in [0.05, 0.1) is 5.71 Å². The first kappa shape index (κ1) is 11.5. The molecule has 0 bridgehead atoms. The van der Waals surface area contributed by atoms with Gasteiger partial charge in [0.25, 0.3) is 0 Å². The molecule has 0 saturated carbocycles. The first-order valence-electron chi connectivity index (χ1n) is 4.88. The van der Waals surface area contributed by atoms with Gasteiger partial charge in [-0.25, -0.2) is 0 Å². The van der Waals surface area contributed by atoms with Gasteiger partial charge >= 0.3 is 0 Å². The Morgan fingerprint density at radius 1 is 1.17 bits per heavy atom. The van der Waals surface area contributed by atoms with Gasteiger partial charge in [-0.3, -0.25) is 0 Å². The Balaban J connectivity index is 3.14. The summed E-state index contributed by atoms with van der Waals surface area (Å²) in [7, 11) is 1.60. The van der Waals surface area contributed by atoms with Crippen molar-refractivity contribution in [1.82, 2.24) is 0 Å². The van der Waals surface area contributed by atoms with Gasteiger partial charge in [0, 0.05) is 0 Å². The van der Waals surface area contributed by atoms with E-state index in [0.29, 0.717) is 0 Å². The van der Waals surface area contributed by atoms with Crippen molar-refractivity contribution in [3.05, 3.63) is 0 Å². The van der Waals surface area contributed by atoms with E-state index in [9.17, 15) is 0 Å². The average Bonchev–Trinajstić information content (AvgIpc) is 2.05. The fraction of sp³-hybridized carbons (Fsp3) is 0.900. The zero-order valence-corrected chi connectivity index (χ0v) is 8.60. The largest absolute Gasteiger partial charge is 0.399 e. The van der Waals surface area contributed by atoms with Crippen LogP contribution in [0.25, 0.3) is 0 Å². The highest BCUT2D eigenvalue weighted by molar-refractivity contribution is 5.81. The lowest BCUT2D eigenvalue weighted by molar-refractivity contribution is 0.212. The molecule has 0 spiro atoms. The van der Waals surface area contributed by atoms with Gasteiger partial charge in [0.15, 0.2) is 0 Å². The molecule has 0 aliphatic carbocycles. The van der Waals surface area contributed by atoms with E-state index in [0.717, 1.165) is 12.1 Å². The zero-order chi connectivity index (χ0) is 9.23. The van der Waals surface area contributed by atoms with E-state index in [2.05, 4.69) is 16.9 Å². The van der Waals surface area contributed by atoms with Crippen LogP contribution in [0.2, 0.25) is 0 Å². The summed E-state index contributed by atoms with van der Waals surface area (Å²) in [4.78, 5) is 4.67. The van der Waals surface area contributed by atoms with Crippen molar-refractivity contribution >= 4 is 5.71 Å². The summed E-state index contributed by atoms with van der Waals surface area (Å²) in [5.74, 6) is 0. The molecule has 0 aromatic heterocycles. The Hall–Kier alpha value is -0.530. The molecular weight excluding hydrogens is 150 g/mol. The van der Waals surface area contributed by atoms with Crippen LogP contribution >= 0.6 is 0 Å². The van der Waals surface area contributed by atoms with Crippen LogP contribution in [0, 0.1) is 0 Å². The molecule has 0 aliphatic heterocycles. The van der Waals surface area contributed by atoms with Crippen LogP contribution < -0.4 is 0 Å². The highest BCUT2D eigenvalue weighted by Crippen LogP contribution is 2.05. The molecule has 0 amide bonds. The Bertz CT molecular complexity index is 121. The van der Waals surface area contributed by atoms with Gasteiger partial charge in [-0.2, -0.15) is 0 Å². The lowest BCUT2D eigenvalue weighted by Crippen LogP contribution is -1.92. The minimum Gasteiger partial charge on any atom is -0.399 e. The van der Waals surface area contributed by atoms with Crippen LogP contribution in [0.1, 0.15) is 52.4 Å². The summed E-state index contributed by atoms with van der Waals surface area (Å²) in [6.45, 7) is 4.25. The second kappa shape index (κ2) is 8.57. The fourth-order valence-electron chi connectivity index (χ4n) is 1.19. The molecule has 2 heteroatoms. The zero-order valence-electron chi connectivity index (χ0n) is 8.60. The minimum atomic E-state index is 1.08. The second-order valence-electron chi connectivity index (χ2n) is 3.17. The Labute approximate surface area is 76.0 Å². The highest BCUT2D eigenvalue weighted by Gasteiger charge is 1.92. The summed E-state index contributed by atoms with van der Waals surface area (Å²) in [5.41, 5.74) is 1.11. The van der Waals surface area contributed by atoms with Crippen LogP contribution in [0.3, 0.4) is 0 Å². The van der Waals surface area contributed by atoms with Gasteiger partial charge in [-0.1, -0.05) is 37.8 Å². The van der Waals surface area contributed by atoms with Crippen LogP contribution in [0.4, 0.5) is 0 Å². The fourth-order valence-corrected chi connectivity index (χ4v) is 1.19. The van der Waals surface area contributed by atoms with Gasteiger partial charge in [0.2, 0.25) is 0 Å². The smallest absolute Gasteiger partial charge is 0.106 e. The van der Waals surface area contributed by atoms with Crippen LogP contribution in [-0.4, -0.2) is 12.8 Å². The summed E-state index contributed by atoms with van der Waals surface area (Å²) in [5, 5.41) is 3.86. The second-order valence-corrected chi connectivity index (χ2v) is 3.17. The Morgan fingerprint density at radius 2 is 1.83 bits per heavy atom. The van der Waals surface area contributed by atoms with Crippen molar-refractivity contribution in [3.63, 3.8) is 0 Å². The van der Waals surface area contributed by atoms with Gasteiger partial charge in [-0.05, 0) is 19.8 Å². The molecule has 0 atom stereocenters. The molecule has 72 valence electrons. The average molecular weight is 171 g/mol. The van der Waals surface area contributed by atoms with Crippen LogP contribution in [-0.2, 0) is 4.84 Å². The molecule has 0 unspecified atom stereocenters. The standard InChI is InChI=1S/C10H21NO/c1-4-5-6-7-8-9-10(2)11-12-3/h4-9H2,1-3H3/b11-10-. The maximum atomic E-state index is 4.67. The third kappa shape index (κ3) is 7.58. The third-order valence-electron chi connectivity index (χ3n) is 1.89. The molecule has 0 saturated heterocycles. The summed E-state index contributed by atoms with van der Waals surface area (Å²) in [6.07, 6.45) is 7.68. The molecule has 0 aliphatic rings. The molecule has 2 nitrogen and oxygen atoms in total. The van der Waals surface area contributed by atoms with E-state index in [1.54, 1.807) is 7.11 Å². The normalized spacial score (nSPS) is 11.8. The number of hydrogen-bond donors (Lipinski definition) is 0. The molecule has 0 radical (unpaired) electrons. The molecule has 0 rings (SSSR count). The lowest BCUT2D eigenvalue weighted by atomic mass is 10.1. The van der Waals surface area contributed by atoms with Crippen molar-refractivity contribution in [2.24, 2.45) is 5.16 Å². The summed E-state index contributed by atoms with van der Waals surface area (Å²) in [6, 6.07) is 0. The van der Waals surface area contributed by atoms with Gasteiger partial charge in [0.1, 0.15) is 7.11 Å². The van der Waals surface area contributed by atoms with Crippen molar-refractivity contribution in [2.75, 3.05) is 7.11 Å². The van der Waals surface area contributed by atoms with E-state index in [4.69, 9.17) is 0 Å². The maximum absolute atomic E-state index is 4.67. The predicted octanol–water partition coefficient (Wildman–Crippen LogP) is 3.37. The number of nitrogens with zero attached hydrogens (tertiary/aromatic N) is 1. The first-order valence-corrected chi connectivity index (χ1v) is 4.88. The SMILES string of the molecule is CCCCCCC/C(C)=N\OC. The Morgan fingerprint density at radius 3 is 2.42 bits per heavy atom. The van der Waals surface area contributed by atoms with Gasteiger partial charge < -0.3 is 4.84 Å². The topological polar surface area (TPSA) is 21.6 Å². The van der Waals surface area contributed by atoms with Crippen molar-refractivity contribution in [3.8, 4) is 0 Å². The number of oxime groups is 1. The van der Waals surface area contributed by atoms with Crippen molar-refractivity contribution < 1.29 is 4.84 Å². The highest BCUT2D eigenvalue weighted by atomic mass is 16.6. The van der Waals surface area contributed by atoms with Crippen molar-refractivity contribution in [2.45, 2.75) is 52.4 Å². The van der Waals surface area contributed by atoms with E-state index in [1.165, 1.54) is 32.1 Å². The molecule has 0 aromatic rings. The Kier molecular flexibility index (Phi) is 8.19. The molecular formula is C10H21NO. The van der Waals surface area contributed by atoms with E-state index >= 15 is 0 Å². The third-order valence-corrected chi connectivity index (χ3v) is 1.89. The number of unbranched alkanes of at least 4 members (excludes halogenated alkanes) is 4. The maximum Gasteiger partial charge on any atom is 0.106 e. The minimum absolute atomic E-state index is 1.08. The molecule has 0 heterocycles. The van der Waals surface area contributed by atoms with Crippen molar-refractivity contribution in [1.29, 1.82) is 0 Å². The molecule has 0 fully saturated rings. The predicted molar refractivity (Wildman–Crippen MR) is 53.5 cm³/mol. The van der Waals surface area contributed by atoms with E-state index < -0.39 is 0 Å². The lowest BCUT2D eigenvalue weighted by Gasteiger charge is -1.99. The van der Waals surface area contributed by atoms with Crippen LogP contribution in [0.15, 0.2) is 5.16 Å². The number of hydrogen-bond acceptors (Lipinski definition) is 2. The first-order chi connectivity index (χ1) is 5.81. The summed E-state index contributed by atoms with van der Waals surface area (Å²) >= 11 is 0. The van der Waals surface area contributed by atoms with Crippen LogP contribution in [0.5, 0.6) is 0 Å².